The van der Waals surface area contributed by atoms with Gasteiger partial charge in [0.25, 0.3) is 0 Å². The second-order valence-electron chi connectivity index (χ2n) is 7.08. The van der Waals surface area contributed by atoms with E-state index in [4.69, 9.17) is 14.7 Å². The predicted molar refractivity (Wildman–Crippen MR) is 113 cm³/mol. The summed E-state index contributed by atoms with van der Waals surface area (Å²) < 4.78 is 4.95. The standard InChI is InChI=1S/C21H28N4O2S/c1-5-22-21(25-12-14(2)17(13-25)20(26)27-4)23-11-18-15(3)24-19(28-18)16-9-7-6-8-10-16/h6-10,14,17H,5,11-13H2,1-4H3,(H,22,23). The van der Waals surface area contributed by atoms with Crippen molar-refractivity contribution in [2.24, 2.45) is 16.8 Å². The normalized spacial score (nSPS) is 19.7. The number of aliphatic imine (C=N–C) groups is 1. The molecular formula is C21H28N4O2S. The summed E-state index contributed by atoms with van der Waals surface area (Å²) >= 11 is 1.69. The summed E-state index contributed by atoms with van der Waals surface area (Å²) in [7, 11) is 1.45. The van der Waals surface area contributed by atoms with Crippen LogP contribution < -0.4 is 5.32 Å². The molecule has 0 aliphatic carbocycles. The van der Waals surface area contributed by atoms with E-state index in [0.717, 1.165) is 40.2 Å². The van der Waals surface area contributed by atoms with Gasteiger partial charge < -0.3 is 15.0 Å². The molecule has 1 fully saturated rings. The van der Waals surface area contributed by atoms with Crippen molar-refractivity contribution < 1.29 is 9.53 Å². The lowest BCUT2D eigenvalue weighted by Gasteiger charge is -2.21. The maximum Gasteiger partial charge on any atom is 0.310 e. The molecule has 2 atom stereocenters. The molecule has 0 amide bonds. The Labute approximate surface area is 170 Å². The Kier molecular flexibility index (Phi) is 6.67. The molecular weight excluding hydrogens is 372 g/mol. The minimum absolute atomic E-state index is 0.108. The first-order valence-corrected chi connectivity index (χ1v) is 10.5. The lowest BCUT2D eigenvalue weighted by Crippen LogP contribution is -2.40. The average Bonchev–Trinajstić information content (AvgIpc) is 3.28. The quantitative estimate of drug-likeness (QED) is 0.474. The van der Waals surface area contributed by atoms with Crippen LogP contribution in [0.5, 0.6) is 0 Å². The fraction of sp³-hybridized carbons (Fsp3) is 0.476. The van der Waals surface area contributed by atoms with Gasteiger partial charge in [-0.15, -0.1) is 11.3 Å². The number of guanidine groups is 1. The third-order valence-electron chi connectivity index (χ3n) is 5.04. The van der Waals surface area contributed by atoms with Crippen LogP contribution in [-0.2, 0) is 16.1 Å². The van der Waals surface area contributed by atoms with Crippen molar-refractivity contribution in [3.8, 4) is 10.6 Å². The smallest absolute Gasteiger partial charge is 0.310 e. The number of nitrogens with one attached hydrogen (secondary N) is 1. The van der Waals surface area contributed by atoms with Crippen molar-refractivity contribution in [1.29, 1.82) is 0 Å². The Morgan fingerprint density at radius 2 is 2.11 bits per heavy atom. The van der Waals surface area contributed by atoms with Gasteiger partial charge in [-0.25, -0.2) is 9.98 Å². The number of carbonyl (C=O) groups is 1. The van der Waals surface area contributed by atoms with Crippen molar-refractivity contribution in [2.45, 2.75) is 27.3 Å². The number of aryl methyl sites for hydroxylation is 1. The van der Waals surface area contributed by atoms with Gasteiger partial charge in [0.15, 0.2) is 5.96 Å². The molecule has 3 rings (SSSR count). The molecule has 28 heavy (non-hydrogen) atoms. The van der Waals surface area contributed by atoms with Crippen LogP contribution in [0, 0.1) is 18.8 Å². The maximum absolute atomic E-state index is 12.0. The number of hydrogen-bond acceptors (Lipinski definition) is 5. The molecule has 6 nitrogen and oxygen atoms in total. The van der Waals surface area contributed by atoms with Crippen LogP contribution in [-0.4, -0.2) is 48.6 Å². The number of hydrogen-bond donors (Lipinski definition) is 1. The summed E-state index contributed by atoms with van der Waals surface area (Å²) in [5, 5.41) is 4.38. The lowest BCUT2D eigenvalue weighted by molar-refractivity contribution is -0.145. The topological polar surface area (TPSA) is 66.8 Å². The summed E-state index contributed by atoms with van der Waals surface area (Å²) in [6, 6.07) is 10.2. The van der Waals surface area contributed by atoms with Crippen LogP contribution >= 0.6 is 11.3 Å². The third kappa shape index (κ3) is 4.52. The summed E-state index contributed by atoms with van der Waals surface area (Å²) in [5.41, 5.74) is 2.15. The van der Waals surface area contributed by atoms with Gasteiger partial charge in [0.1, 0.15) is 5.01 Å². The molecule has 1 aromatic carbocycles. The van der Waals surface area contributed by atoms with Crippen LogP contribution in [0.4, 0.5) is 0 Å². The summed E-state index contributed by atoms with van der Waals surface area (Å²) in [6.45, 7) is 8.96. The molecule has 1 N–H and O–H groups in total. The molecule has 7 heteroatoms. The number of likely N-dealkylation sites (tertiary alicyclic amines) is 1. The highest BCUT2D eigenvalue weighted by Crippen LogP contribution is 2.29. The van der Waals surface area contributed by atoms with Gasteiger partial charge in [0.05, 0.1) is 25.3 Å². The number of esters is 1. The maximum atomic E-state index is 12.0. The van der Waals surface area contributed by atoms with Gasteiger partial charge >= 0.3 is 5.97 Å². The van der Waals surface area contributed by atoms with Crippen LogP contribution in [0.1, 0.15) is 24.4 Å². The predicted octanol–water partition coefficient (Wildman–Crippen LogP) is 3.32. The Balaban J connectivity index is 1.75. The molecule has 2 aromatic rings. The molecule has 150 valence electrons. The highest BCUT2D eigenvalue weighted by atomic mass is 32.1. The minimum atomic E-state index is -0.142. The van der Waals surface area contributed by atoms with Crippen LogP contribution in [0.2, 0.25) is 0 Å². The van der Waals surface area contributed by atoms with E-state index in [0.29, 0.717) is 13.1 Å². The molecule has 1 aliphatic heterocycles. The third-order valence-corrected chi connectivity index (χ3v) is 6.23. The molecule has 1 aliphatic rings. The first-order chi connectivity index (χ1) is 13.5. The minimum Gasteiger partial charge on any atom is -0.469 e. The lowest BCUT2D eigenvalue weighted by atomic mass is 9.99. The van der Waals surface area contributed by atoms with E-state index in [1.807, 2.05) is 25.1 Å². The molecule has 0 spiro atoms. The van der Waals surface area contributed by atoms with Gasteiger partial charge in [-0.2, -0.15) is 0 Å². The second-order valence-corrected chi connectivity index (χ2v) is 8.16. The zero-order valence-corrected chi connectivity index (χ0v) is 17.8. The Morgan fingerprint density at radius 3 is 2.79 bits per heavy atom. The molecule has 1 saturated heterocycles. The van der Waals surface area contributed by atoms with E-state index in [-0.39, 0.29) is 17.8 Å². The Hall–Kier alpha value is -2.41. The van der Waals surface area contributed by atoms with E-state index in [1.165, 1.54) is 7.11 Å². The number of thiazole rings is 1. The number of rotatable bonds is 5. The van der Waals surface area contributed by atoms with E-state index in [9.17, 15) is 4.79 Å². The highest BCUT2D eigenvalue weighted by molar-refractivity contribution is 7.15. The van der Waals surface area contributed by atoms with Gasteiger partial charge in [-0.3, -0.25) is 4.79 Å². The summed E-state index contributed by atoms with van der Waals surface area (Å²) in [5.74, 6) is 0.835. The summed E-state index contributed by atoms with van der Waals surface area (Å²) in [4.78, 5) is 24.9. The Bertz CT molecular complexity index is 834. The van der Waals surface area contributed by atoms with Gasteiger partial charge in [0.2, 0.25) is 0 Å². The van der Waals surface area contributed by atoms with E-state index < -0.39 is 0 Å². The first-order valence-electron chi connectivity index (χ1n) is 9.66. The van der Waals surface area contributed by atoms with Crippen LogP contribution in [0.15, 0.2) is 35.3 Å². The Morgan fingerprint density at radius 1 is 1.36 bits per heavy atom. The number of ether oxygens (including phenoxy) is 1. The molecule has 1 aromatic heterocycles. The number of nitrogens with zero attached hydrogens (tertiary/aromatic N) is 3. The average molecular weight is 401 g/mol. The zero-order valence-electron chi connectivity index (χ0n) is 16.9. The monoisotopic (exact) mass is 400 g/mol. The number of aromatic nitrogens is 1. The van der Waals surface area contributed by atoms with E-state index >= 15 is 0 Å². The number of benzene rings is 1. The molecule has 2 unspecified atom stereocenters. The largest absolute Gasteiger partial charge is 0.469 e. The van der Waals surface area contributed by atoms with Crippen LogP contribution in [0.25, 0.3) is 10.6 Å². The molecule has 2 heterocycles. The van der Waals surface area contributed by atoms with Crippen molar-refractivity contribution >= 4 is 23.3 Å². The van der Waals surface area contributed by atoms with E-state index in [1.54, 1.807) is 11.3 Å². The van der Waals surface area contributed by atoms with E-state index in [2.05, 4.69) is 36.2 Å². The molecule has 0 bridgehead atoms. The zero-order chi connectivity index (χ0) is 20.1. The fourth-order valence-corrected chi connectivity index (χ4v) is 4.44. The first kappa shape index (κ1) is 20.3. The summed E-state index contributed by atoms with van der Waals surface area (Å²) in [6.07, 6.45) is 0. The molecule has 0 radical (unpaired) electrons. The van der Waals surface area contributed by atoms with Gasteiger partial charge in [0, 0.05) is 30.1 Å². The van der Waals surface area contributed by atoms with Gasteiger partial charge in [-0.1, -0.05) is 37.3 Å². The highest BCUT2D eigenvalue weighted by Gasteiger charge is 2.36. The van der Waals surface area contributed by atoms with Crippen molar-refractivity contribution in [2.75, 3.05) is 26.7 Å². The second kappa shape index (κ2) is 9.19. The van der Waals surface area contributed by atoms with Crippen LogP contribution in [0.3, 0.4) is 0 Å². The van der Waals surface area contributed by atoms with Gasteiger partial charge in [-0.05, 0) is 19.8 Å². The van der Waals surface area contributed by atoms with Crippen molar-refractivity contribution in [3.63, 3.8) is 0 Å². The number of methoxy groups -OCH3 is 1. The van der Waals surface area contributed by atoms with Crippen molar-refractivity contribution in [1.82, 2.24) is 15.2 Å². The number of carbonyl (C=O) groups excluding carboxylic acids is 1. The van der Waals surface area contributed by atoms with Crippen molar-refractivity contribution in [3.05, 3.63) is 40.9 Å². The fourth-order valence-electron chi connectivity index (χ4n) is 3.45. The SMILES string of the molecule is CCNC(=NCc1sc(-c2ccccc2)nc1C)N1CC(C)C(C(=O)OC)C1. The molecule has 0 saturated carbocycles.